The topological polar surface area (TPSA) is 74.6 Å². The fourth-order valence-electron chi connectivity index (χ4n) is 4.95. The second-order valence-electron chi connectivity index (χ2n) is 15.6. The third-order valence-electron chi connectivity index (χ3n) is 7.48. The van der Waals surface area contributed by atoms with Crippen LogP contribution >= 0.6 is 11.8 Å². The van der Waals surface area contributed by atoms with Crippen molar-refractivity contribution in [3.63, 3.8) is 0 Å². The van der Waals surface area contributed by atoms with Crippen LogP contribution in [-0.2, 0) is 44.1 Å². The van der Waals surface area contributed by atoms with Crippen LogP contribution in [-0.4, -0.2) is 33.3 Å². The molecule has 0 saturated carbocycles. The molecule has 5 heteroatoms. The zero-order chi connectivity index (χ0) is 31.6. The maximum absolute atomic E-state index is 12.7. The standard InChI is InChI=1S/C36H54O4S/c1-33(2,3)27-17-23(18-28(31(27)39)34(4,5)6)13-15-25(37)21-41-22-26(38)16-14-24-19-29(35(7,8)9)32(40)30(20-24)36(10,11)12/h17-20,39-40H,13-16,21-22H2,1-12H3. The number of aromatic hydroxyl groups is 2. The number of carbonyl (C=O) groups excluding carboxylic acids is 2. The molecule has 0 heterocycles. The van der Waals surface area contributed by atoms with Gasteiger partial charge in [0.1, 0.15) is 23.1 Å². The van der Waals surface area contributed by atoms with Gasteiger partial charge in [0, 0.05) is 12.8 Å². The Balaban J connectivity index is 1.97. The second kappa shape index (κ2) is 12.9. The summed E-state index contributed by atoms with van der Waals surface area (Å²) in [6.07, 6.45) is 2.06. The van der Waals surface area contributed by atoms with Crippen molar-refractivity contribution in [1.29, 1.82) is 0 Å². The Bertz CT molecular complexity index is 1080. The number of phenolic OH excluding ortho intramolecular Hbond substituents is 2. The molecule has 0 aliphatic carbocycles. The van der Waals surface area contributed by atoms with Gasteiger partial charge in [-0.1, -0.05) is 107 Å². The van der Waals surface area contributed by atoms with E-state index in [1.54, 1.807) is 0 Å². The number of hydrogen-bond acceptors (Lipinski definition) is 5. The van der Waals surface area contributed by atoms with E-state index in [4.69, 9.17) is 0 Å². The fraction of sp³-hybridized carbons (Fsp3) is 0.611. The Morgan fingerprint density at radius 2 is 0.780 bits per heavy atom. The van der Waals surface area contributed by atoms with Crippen molar-refractivity contribution in [2.75, 3.05) is 11.5 Å². The molecule has 0 spiro atoms. The number of benzene rings is 2. The van der Waals surface area contributed by atoms with E-state index in [1.807, 2.05) is 24.3 Å². The SMILES string of the molecule is CC(C)(C)c1cc(CCC(=O)CSCC(=O)CCc2cc(C(C)(C)C)c(O)c(C(C)(C)C)c2)cc(C(C)(C)C)c1O. The van der Waals surface area contributed by atoms with Gasteiger partial charge in [-0.2, -0.15) is 0 Å². The molecule has 228 valence electrons. The maximum Gasteiger partial charge on any atom is 0.143 e. The largest absolute Gasteiger partial charge is 0.507 e. The van der Waals surface area contributed by atoms with Gasteiger partial charge in [0.25, 0.3) is 0 Å². The molecule has 0 aliphatic heterocycles. The molecule has 0 bridgehead atoms. The minimum Gasteiger partial charge on any atom is -0.507 e. The Labute approximate surface area is 253 Å². The molecule has 4 nitrogen and oxygen atoms in total. The van der Waals surface area contributed by atoms with Crippen LogP contribution in [0.3, 0.4) is 0 Å². The fourth-order valence-corrected chi connectivity index (χ4v) is 5.80. The third-order valence-corrected chi connectivity index (χ3v) is 8.53. The van der Waals surface area contributed by atoms with E-state index in [9.17, 15) is 19.8 Å². The molecule has 2 aromatic carbocycles. The number of ketones is 2. The van der Waals surface area contributed by atoms with Gasteiger partial charge in [-0.3, -0.25) is 9.59 Å². The van der Waals surface area contributed by atoms with Crippen molar-refractivity contribution >= 4 is 23.3 Å². The molecule has 0 fully saturated rings. The lowest BCUT2D eigenvalue weighted by Gasteiger charge is -2.28. The highest BCUT2D eigenvalue weighted by molar-refractivity contribution is 8.00. The van der Waals surface area contributed by atoms with Gasteiger partial charge < -0.3 is 10.2 Å². The second-order valence-corrected chi connectivity index (χ2v) is 16.6. The Hall–Kier alpha value is -2.27. The molecule has 2 N–H and O–H groups in total. The quantitative estimate of drug-likeness (QED) is 0.293. The predicted octanol–water partition coefficient (Wildman–Crippen LogP) is 8.72. The van der Waals surface area contributed by atoms with Crippen LogP contribution in [0.15, 0.2) is 24.3 Å². The Morgan fingerprint density at radius 3 is 1.00 bits per heavy atom. The van der Waals surface area contributed by atoms with E-state index in [-0.39, 0.29) is 33.2 Å². The van der Waals surface area contributed by atoms with Gasteiger partial charge >= 0.3 is 0 Å². The minimum atomic E-state index is -0.205. The third kappa shape index (κ3) is 9.91. The molecule has 2 rings (SSSR count). The summed E-state index contributed by atoms with van der Waals surface area (Å²) < 4.78 is 0. The number of aryl methyl sites for hydroxylation is 2. The highest BCUT2D eigenvalue weighted by atomic mass is 32.2. The summed E-state index contributed by atoms with van der Waals surface area (Å²) in [6, 6.07) is 8.14. The summed E-state index contributed by atoms with van der Waals surface area (Å²) in [4.78, 5) is 25.4. The van der Waals surface area contributed by atoms with Crippen LogP contribution in [0, 0.1) is 0 Å². The minimum absolute atomic E-state index is 0.133. The van der Waals surface area contributed by atoms with Crippen LogP contribution < -0.4 is 0 Å². The lowest BCUT2D eigenvalue weighted by atomic mass is 9.78. The monoisotopic (exact) mass is 582 g/mol. The number of thioether (sulfide) groups is 1. The first kappa shape index (κ1) is 34.9. The van der Waals surface area contributed by atoms with E-state index in [0.29, 0.717) is 48.7 Å². The first-order chi connectivity index (χ1) is 18.5. The van der Waals surface area contributed by atoms with Crippen molar-refractivity contribution in [1.82, 2.24) is 0 Å². The van der Waals surface area contributed by atoms with Gasteiger partial charge in [-0.05, 0) is 67.9 Å². The van der Waals surface area contributed by atoms with Gasteiger partial charge in [0.05, 0.1) is 11.5 Å². The number of phenols is 2. The van der Waals surface area contributed by atoms with Crippen molar-refractivity contribution in [2.45, 2.75) is 130 Å². The molecule has 0 amide bonds. The molecular weight excluding hydrogens is 528 g/mol. The van der Waals surface area contributed by atoms with E-state index < -0.39 is 0 Å². The summed E-state index contributed by atoms with van der Waals surface area (Å²) in [6.45, 7) is 25.1. The smallest absolute Gasteiger partial charge is 0.143 e. The van der Waals surface area contributed by atoms with Gasteiger partial charge in [-0.15, -0.1) is 11.8 Å². The first-order valence-electron chi connectivity index (χ1n) is 14.9. The summed E-state index contributed by atoms with van der Waals surface area (Å²) in [7, 11) is 0. The average molecular weight is 583 g/mol. The number of carbonyl (C=O) groups is 2. The highest BCUT2D eigenvalue weighted by Gasteiger charge is 2.28. The van der Waals surface area contributed by atoms with Gasteiger partial charge in [0.2, 0.25) is 0 Å². The Kier molecular flexibility index (Phi) is 11.0. The number of rotatable bonds is 10. The van der Waals surface area contributed by atoms with E-state index in [2.05, 4.69) is 83.1 Å². The number of hydrogen-bond donors (Lipinski definition) is 2. The summed E-state index contributed by atoms with van der Waals surface area (Å²) in [5.74, 6) is 1.62. The molecule has 0 aliphatic rings. The van der Waals surface area contributed by atoms with Crippen LogP contribution in [0.5, 0.6) is 11.5 Å². The molecular formula is C36H54O4S. The zero-order valence-corrected chi connectivity index (χ0v) is 28.5. The number of Topliss-reactive ketones (excluding diaryl/α,β-unsaturated/α-hetero) is 2. The van der Waals surface area contributed by atoms with Crippen LogP contribution in [0.4, 0.5) is 0 Å². The van der Waals surface area contributed by atoms with Crippen LogP contribution in [0.25, 0.3) is 0 Å². The summed E-state index contributed by atoms with van der Waals surface area (Å²) >= 11 is 1.40. The molecule has 0 atom stereocenters. The zero-order valence-electron chi connectivity index (χ0n) is 27.7. The normalized spacial score (nSPS) is 13.0. The van der Waals surface area contributed by atoms with Crippen LogP contribution in [0.1, 0.15) is 129 Å². The van der Waals surface area contributed by atoms with E-state index in [0.717, 1.165) is 33.4 Å². The van der Waals surface area contributed by atoms with Crippen molar-refractivity contribution < 1.29 is 19.8 Å². The summed E-state index contributed by atoms with van der Waals surface area (Å²) in [5.41, 5.74) is 4.93. The first-order valence-corrected chi connectivity index (χ1v) is 16.0. The van der Waals surface area contributed by atoms with E-state index >= 15 is 0 Å². The molecule has 0 saturated heterocycles. The molecule has 0 aromatic heterocycles. The van der Waals surface area contributed by atoms with Crippen molar-refractivity contribution in [2.24, 2.45) is 0 Å². The van der Waals surface area contributed by atoms with E-state index in [1.165, 1.54) is 11.8 Å². The lowest BCUT2D eigenvalue weighted by molar-refractivity contribution is -0.116. The maximum atomic E-state index is 12.7. The molecule has 41 heavy (non-hydrogen) atoms. The lowest BCUT2D eigenvalue weighted by Crippen LogP contribution is -2.18. The average Bonchev–Trinajstić information content (AvgIpc) is 2.79. The van der Waals surface area contributed by atoms with Crippen LogP contribution in [0.2, 0.25) is 0 Å². The predicted molar refractivity (Wildman–Crippen MR) is 175 cm³/mol. The molecule has 0 unspecified atom stereocenters. The van der Waals surface area contributed by atoms with Crippen molar-refractivity contribution in [3.05, 3.63) is 57.6 Å². The highest BCUT2D eigenvalue weighted by Crippen LogP contribution is 2.41. The summed E-state index contributed by atoms with van der Waals surface area (Å²) in [5, 5.41) is 21.9. The molecule has 2 aromatic rings. The molecule has 0 radical (unpaired) electrons. The Morgan fingerprint density at radius 1 is 0.537 bits per heavy atom. The van der Waals surface area contributed by atoms with Gasteiger partial charge in [-0.25, -0.2) is 0 Å². The van der Waals surface area contributed by atoms with Gasteiger partial charge in [0.15, 0.2) is 0 Å². The van der Waals surface area contributed by atoms with Crippen molar-refractivity contribution in [3.8, 4) is 11.5 Å².